The Bertz CT molecular complexity index is 683. The van der Waals surface area contributed by atoms with Gasteiger partial charge in [0.25, 0.3) is 5.91 Å². The van der Waals surface area contributed by atoms with Crippen molar-refractivity contribution in [2.45, 2.75) is 31.7 Å². The maximum absolute atomic E-state index is 12.7. The van der Waals surface area contributed by atoms with Crippen molar-refractivity contribution < 1.29 is 14.7 Å². The van der Waals surface area contributed by atoms with Gasteiger partial charge in [-0.2, -0.15) is 0 Å². The van der Waals surface area contributed by atoms with Gasteiger partial charge in [0, 0.05) is 23.7 Å². The maximum Gasteiger partial charge on any atom is 0.308 e. The second-order valence-electron chi connectivity index (χ2n) is 5.65. The van der Waals surface area contributed by atoms with Crippen molar-refractivity contribution in [3.63, 3.8) is 0 Å². The molecule has 22 heavy (non-hydrogen) atoms. The zero-order valence-corrected chi connectivity index (χ0v) is 11.8. The molecular weight excluding hydrogens is 286 g/mol. The smallest absolute Gasteiger partial charge is 0.308 e. The zero-order chi connectivity index (χ0) is 15.7. The molecule has 1 saturated heterocycles. The van der Waals surface area contributed by atoms with Gasteiger partial charge in [-0.1, -0.05) is 0 Å². The maximum atomic E-state index is 12.7. The molecule has 0 aliphatic carbocycles. The molecule has 8 heteroatoms. The number of carbonyl (C=O) groups is 2. The van der Waals surface area contributed by atoms with E-state index >= 15 is 0 Å². The lowest BCUT2D eigenvalue weighted by Gasteiger charge is -2.37. The summed E-state index contributed by atoms with van der Waals surface area (Å²) in [5, 5.41) is 12.6. The molecule has 0 spiro atoms. The van der Waals surface area contributed by atoms with Crippen LogP contribution in [0.3, 0.4) is 0 Å². The number of hydrogen-bond donors (Lipinski definition) is 1. The Morgan fingerprint density at radius 1 is 1.45 bits per heavy atom. The number of aromatic nitrogens is 1. The number of carboxylic acid groups (broad SMARTS) is 1. The molecular formula is C14H15N5O3. The third-order valence-electron chi connectivity index (χ3n) is 4.42. The van der Waals surface area contributed by atoms with Gasteiger partial charge < -0.3 is 10.0 Å². The van der Waals surface area contributed by atoms with E-state index in [0.29, 0.717) is 24.8 Å². The van der Waals surface area contributed by atoms with Crippen molar-refractivity contribution in [1.82, 2.24) is 9.88 Å². The van der Waals surface area contributed by atoms with E-state index < -0.39 is 11.9 Å². The lowest BCUT2D eigenvalue weighted by Crippen LogP contribution is -2.47. The normalized spacial score (nSPS) is 23.8. The van der Waals surface area contributed by atoms with E-state index in [2.05, 4.69) is 15.0 Å². The van der Waals surface area contributed by atoms with Crippen molar-refractivity contribution in [2.75, 3.05) is 6.54 Å². The number of aliphatic carboxylic acids is 1. The topological polar surface area (TPSA) is 119 Å². The number of hydrogen-bond acceptors (Lipinski definition) is 4. The monoisotopic (exact) mass is 301 g/mol. The summed E-state index contributed by atoms with van der Waals surface area (Å²) < 4.78 is 0. The van der Waals surface area contributed by atoms with Gasteiger partial charge in [-0.05, 0) is 48.0 Å². The van der Waals surface area contributed by atoms with Crippen LogP contribution >= 0.6 is 0 Å². The molecule has 0 radical (unpaired) electrons. The number of carbonyl (C=O) groups excluding carboxylic acids is 1. The average molecular weight is 301 g/mol. The summed E-state index contributed by atoms with van der Waals surface area (Å²) >= 11 is 0. The van der Waals surface area contributed by atoms with Crippen LogP contribution in [0.15, 0.2) is 17.4 Å². The lowest BCUT2D eigenvalue weighted by molar-refractivity contribution is -0.143. The van der Waals surface area contributed by atoms with Crippen LogP contribution in [0.5, 0.6) is 0 Å². The first kappa shape index (κ1) is 14.3. The number of aryl methyl sites for hydroxylation is 1. The highest BCUT2D eigenvalue weighted by Crippen LogP contribution is 2.31. The van der Waals surface area contributed by atoms with Crippen LogP contribution in [0, 0.1) is 5.92 Å². The third kappa shape index (κ3) is 2.48. The number of fused-ring (bicyclic) bond motifs is 2. The predicted molar refractivity (Wildman–Crippen MR) is 76.5 cm³/mol. The van der Waals surface area contributed by atoms with Crippen molar-refractivity contribution in [3.8, 4) is 0 Å². The van der Waals surface area contributed by atoms with E-state index in [1.807, 2.05) is 0 Å². The molecule has 2 atom stereocenters. The molecule has 3 heterocycles. The quantitative estimate of drug-likeness (QED) is 0.511. The van der Waals surface area contributed by atoms with Crippen molar-refractivity contribution in [1.29, 1.82) is 0 Å². The first-order valence-electron chi connectivity index (χ1n) is 7.18. The number of azide groups is 1. The molecule has 1 N–H and O–H groups in total. The van der Waals surface area contributed by atoms with E-state index in [9.17, 15) is 14.7 Å². The van der Waals surface area contributed by atoms with Crippen LogP contribution < -0.4 is 0 Å². The SMILES string of the molecule is [N-]=[N+]=Nc1cc2c(cn1)C(=O)N1CC(C(=O)O)CCC1CC2. The summed E-state index contributed by atoms with van der Waals surface area (Å²) in [5.74, 6) is -1.29. The molecule has 2 unspecified atom stereocenters. The van der Waals surface area contributed by atoms with E-state index in [4.69, 9.17) is 5.53 Å². The van der Waals surface area contributed by atoms with E-state index in [1.54, 1.807) is 11.0 Å². The molecule has 1 amide bonds. The Kier molecular flexibility index (Phi) is 3.68. The molecule has 114 valence electrons. The summed E-state index contributed by atoms with van der Waals surface area (Å²) in [6.45, 7) is 0.246. The average Bonchev–Trinajstić information content (AvgIpc) is 2.65. The zero-order valence-electron chi connectivity index (χ0n) is 11.8. The minimum atomic E-state index is -0.854. The first-order chi connectivity index (χ1) is 10.6. The first-order valence-corrected chi connectivity index (χ1v) is 7.18. The van der Waals surface area contributed by atoms with Gasteiger partial charge in [0.05, 0.1) is 11.5 Å². The number of piperidine rings is 1. The fraction of sp³-hybridized carbons (Fsp3) is 0.500. The van der Waals surface area contributed by atoms with Gasteiger partial charge in [0.1, 0.15) is 5.82 Å². The molecule has 1 aromatic rings. The van der Waals surface area contributed by atoms with Gasteiger partial charge in [0.15, 0.2) is 0 Å². The van der Waals surface area contributed by atoms with Crippen LogP contribution in [0.4, 0.5) is 5.82 Å². The number of amides is 1. The Labute approximate surface area is 126 Å². The van der Waals surface area contributed by atoms with Gasteiger partial charge in [-0.25, -0.2) is 0 Å². The summed E-state index contributed by atoms with van der Waals surface area (Å²) in [4.78, 5) is 32.2. The molecule has 8 nitrogen and oxygen atoms in total. The van der Waals surface area contributed by atoms with Crippen LogP contribution in [-0.4, -0.2) is 39.5 Å². The van der Waals surface area contributed by atoms with Gasteiger partial charge in [-0.15, -0.1) is 0 Å². The molecule has 0 aromatic carbocycles. The summed E-state index contributed by atoms with van der Waals surface area (Å²) in [7, 11) is 0. The molecule has 0 saturated carbocycles. The van der Waals surface area contributed by atoms with Crippen LogP contribution in [0.2, 0.25) is 0 Å². The predicted octanol–water partition coefficient (Wildman–Crippen LogP) is 2.28. The number of pyridine rings is 1. The number of carboxylic acids is 1. The highest BCUT2D eigenvalue weighted by atomic mass is 16.4. The number of nitrogens with zero attached hydrogens (tertiary/aromatic N) is 5. The van der Waals surface area contributed by atoms with Crippen LogP contribution in [0.25, 0.3) is 10.4 Å². The highest BCUT2D eigenvalue weighted by molar-refractivity contribution is 5.96. The van der Waals surface area contributed by atoms with Crippen molar-refractivity contribution in [3.05, 3.63) is 33.8 Å². The van der Waals surface area contributed by atoms with Crippen molar-refractivity contribution in [2.24, 2.45) is 11.0 Å². The standard InChI is InChI=1S/C14H15N5O3/c15-18-17-12-5-8-1-3-10-4-2-9(14(21)22)7-19(10)13(20)11(8)6-16-12/h5-6,9-10H,1-4,7H2,(H,21,22). The molecule has 3 rings (SSSR count). The van der Waals surface area contributed by atoms with Gasteiger partial charge in [0.2, 0.25) is 0 Å². The van der Waals surface area contributed by atoms with Crippen LogP contribution in [-0.2, 0) is 11.2 Å². The van der Waals surface area contributed by atoms with Crippen LogP contribution in [0.1, 0.15) is 35.2 Å². The molecule has 2 aliphatic rings. The second-order valence-corrected chi connectivity index (χ2v) is 5.65. The highest BCUT2D eigenvalue weighted by Gasteiger charge is 2.37. The molecule has 0 bridgehead atoms. The van der Waals surface area contributed by atoms with Crippen molar-refractivity contribution >= 4 is 17.7 Å². The van der Waals surface area contributed by atoms with Gasteiger partial charge >= 0.3 is 5.97 Å². The Morgan fingerprint density at radius 2 is 2.27 bits per heavy atom. The molecule has 1 aromatic heterocycles. The largest absolute Gasteiger partial charge is 0.481 e. The van der Waals surface area contributed by atoms with E-state index in [-0.39, 0.29) is 24.3 Å². The Hall–Kier alpha value is -2.60. The molecule has 2 aliphatic heterocycles. The summed E-state index contributed by atoms with van der Waals surface area (Å²) in [5.41, 5.74) is 9.75. The Morgan fingerprint density at radius 3 is 3.00 bits per heavy atom. The summed E-state index contributed by atoms with van der Waals surface area (Å²) in [6, 6.07) is 1.71. The van der Waals surface area contributed by atoms with E-state index in [0.717, 1.165) is 12.0 Å². The lowest BCUT2D eigenvalue weighted by atomic mass is 9.91. The third-order valence-corrected chi connectivity index (χ3v) is 4.42. The number of rotatable bonds is 2. The Balaban J connectivity index is 1.93. The van der Waals surface area contributed by atoms with Gasteiger partial charge in [-0.3, -0.25) is 14.6 Å². The fourth-order valence-electron chi connectivity index (χ4n) is 3.24. The minimum Gasteiger partial charge on any atom is -0.481 e. The van der Waals surface area contributed by atoms with E-state index in [1.165, 1.54) is 6.20 Å². The molecule has 1 fully saturated rings. The second kappa shape index (κ2) is 5.65. The minimum absolute atomic E-state index is 0.0680. The fourth-order valence-corrected chi connectivity index (χ4v) is 3.24. The summed E-state index contributed by atoms with van der Waals surface area (Å²) in [6.07, 6.45) is 4.20.